The van der Waals surface area contributed by atoms with E-state index < -0.39 is 29.7 Å². The first-order chi connectivity index (χ1) is 21.1. The number of aliphatic hydroxyl groups is 1. The van der Waals surface area contributed by atoms with Crippen LogP contribution in [-0.2, 0) is 16.3 Å². The molecule has 1 amide bonds. The van der Waals surface area contributed by atoms with Gasteiger partial charge < -0.3 is 20.9 Å². The predicted molar refractivity (Wildman–Crippen MR) is 160 cm³/mol. The molecule has 0 aromatic carbocycles. The van der Waals surface area contributed by atoms with Crippen LogP contribution in [0.4, 0.5) is 14.5 Å². The van der Waals surface area contributed by atoms with Gasteiger partial charge in [0.25, 0.3) is 5.91 Å². The number of aliphatic hydroxyl groups excluding tert-OH is 1. The van der Waals surface area contributed by atoms with Crippen molar-refractivity contribution in [3.63, 3.8) is 0 Å². The van der Waals surface area contributed by atoms with E-state index in [0.717, 1.165) is 44.2 Å². The highest BCUT2D eigenvalue weighted by Gasteiger charge is 2.25. The van der Waals surface area contributed by atoms with Gasteiger partial charge in [0.1, 0.15) is 28.1 Å². The van der Waals surface area contributed by atoms with Crippen molar-refractivity contribution < 1.29 is 28.2 Å². The largest absolute Gasteiger partial charge is 0.441 e. The summed E-state index contributed by atoms with van der Waals surface area (Å²) in [6.45, 7) is 5.47. The minimum Gasteiger partial charge on any atom is -0.441 e. The molecule has 1 aliphatic carbocycles. The van der Waals surface area contributed by atoms with Crippen LogP contribution in [0, 0.1) is 17.7 Å². The van der Waals surface area contributed by atoms with Gasteiger partial charge in [-0.2, -0.15) is 14.6 Å². The Kier molecular flexibility index (Phi) is 11.3. The predicted octanol–water partition coefficient (Wildman–Crippen LogP) is 4.78. The van der Waals surface area contributed by atoms with Gasteiger partial charge in [-0.05, 0) is 37.8 Å². The molecule has 4 aromatic rings. The van der Waals surface area contributed by atoms with E-state index in [9.17, 15) is 18.4 Å². The Morgan fingerprint density at radius 2 is 1.89 bits per heavy atom. The van der Waals surface area contributed by atoms with Crippen LogP contribution < -0.4 is 11.1 Å². The van der Waals surface area contributed by atoms with Crippen LogP contribution in [0.5, 0.6) is 0 Å². The molecule has 4 heterocycles. The van der Waals surface area contributed by atoms with Gasteiger partial charge >= 0.3 is 5.97 Å². The van der Waals surface area contributed by atoms with Crippen molar-refractivity contribution >= 4 is 28.9 Å². The number of hydrogen-bond acceptors (Lipinski definition) is 10. The number of carbonyl (C=O) groups is 2. The van der Waals surface area contributed by atoms with Gasteiger partial charge in [0.2, 0.25) is 5.95 Å². The number of amides is 1. The van der Waals surface area contributed by atoms with Crippen molar-refractivity contribution in [2.24, 2.45) is 11.7 Å². The van der Waals surface area contributed by atoms with Crippen molar-refractivity contribution in [3.8, 4) is 22.0 Å². The number of halogens is 2. The molecule has 236 valence electrons. The third-order valence-electron chi connectivity index (χ3n) is 6.91. The highest BCUT2D eigenvalue weighted by atomic mass is 32.1. The molecule has 1 fully saturated rings. The van der Waals surface area contributed by atoms with E-state index >= 15 is 0 Å². The highest BCUT2D eigenvalue weighted by Crippen LogP contribution is 2.34. The zero-order valence-corrected chi connectivity index (χ0v) is 25.6. The first-order valence-electron chi connectivity index (χ1n) is 14.4. The van der Waals surface area contributed by atoms with Gasteiger partial charge in [0.15, 0.2) is 12.5 Å². The van der Waals surface area contributed by atoms with E-state index in [4.69, 9.17) is 15.6 Å². The van der Waals surface area contributed by atoms with Gasteiger partial charge in [0, 0.05) is 29.9 Å². The van der Waals surface area contributed by atoms with Crippen LogP contribution in [0.25, 0.3) is 22.0 Å². The number of ether oxygens (including phenoxy) is 1. The first kappa shape index (κ1) is 32.8. The van der Waals surface area contributed by atoms with Crippen molar-refractivity contribution in [2.75, 3.05) is 11.9 Å². The Bertz CT molecular complexity index is 1560. The fourth-order valence-electron chi connectivity index (χ4n) is 4.51. The summed E-state index contributed by atoms with van der Waals surface area (Å²) in [5.41, 5.74) is 6.52. The highest BCUT2D eigenvalue weighted by molar-refractivity contribution is 7.13. The number of aromatic nitrogens is 6. The number of anilines is 1. The Balaban J connectivity index is 0.00000141. The van der Waals surface area contributed by atoms with Crippen molar-refractivity contribution in [3.05, 3.63) is 53.6 Å². The Hall–Kier alpha value is -4.08. The maximum atomic E-state index is 14.7. The number of pyridine rings is 1. The molecule has 44 heavy (non-hydrogen) atoms. The molecule has 0 spiro atoms. The van der Waals surface area contributed by atoms with Gasteiger partial charge in [-0.1, -0.05) is 33.1 Å². The number of hydrogen-bond donors (Lipinski definition) is 3. The minimum atomic E-state index is -0.854. The van der Waals surface area contributed by atoms with Crippen LogP contribution in [0.1, 0.15) is 69.4 Å². The normalized spacial score (nSPS) is 14.2. The Labute approximate surface area is 257 Å². The van der Waals surface area contributed by atoms with Crippen LogP contribution in [0.2, 0.25) is 0 Å². The number of carbonyl (C=O) groups excluding carboxylic acids is 2. The molecule has 0 bridgehead atoms. The number of nitrogens with zero attached hydrogens (tertiary/aromatic N) is 6. The third-order valence-corrected chi connectivity index (χ3v) is 7.80. The van der Waals surface area contributed by atoms with E-state index in [1.54, 1.807) is 35.6 Å². The monoisotopic (exact) mass is 630 g/mol. The molecule has 12 nitrogen and oxygen atoms in total. The van der Waals surface area contributed by atoms with Crippen LogP contribution in [0.15, 0.2) is 36.1 Å². The number of esters is 1. The molecule has 15 heteroatoms. The van der Waals surface area contributed by atoms with E-state index in [-0.39, 0.29) is 48.1 Å². The number of thiazole rings is 1. The second kappa shape index (κ2) is 15.1. The van der Waals surface area contributed by atoms with Gasteiger partial charge in [-0.15, -0.1) is 11.3 Å². The summed E-state index contributed by atoms with van der Waals surface area (Å²) >= 11 is 1.23. The quantitative estimate of drug-likeness (QED) is 0.174. The van der Waals surface area contributed by atoms with Crippen LogP contribution >= 0.6 is 11.3 Å². The summed E-state index contributed by atoms with van der Waals surface area (Å²) in [7, 11) is 0. The van der Waals surface area contributed by atoms with E-state index in [0.29, 0.717) is 10.6 Å². The summed E-state index contributed by atoms with van der Waals surface area (Å²) in [6.07, 6.45) is 9.85. The number of nitrogens with two attached hydrogens (primary N) is 1. The molecule has 1 unspecified atom stereocenters. The lowest BCUT2D eigenvalue weighted by atomic mass is 9.96. The van der Waals surface area contributed by atoms with E-state index in [1.165, 1.54) is 16.0 Å². The SMILES string of the molecule is CC(C)C(N)C(=O)OCn1cc(-c2nc(C(=O)Nc3cn(C4CCCCC4)nc3-c3nc(F)ccc3F)cs2)cn1.CCO. The van der Waals surface area contributed by atoms with Gasteiger partial charge in [-0.3, -0.25) is 14.3 Å². The smallest absolute Gasteiger partial charge is 0.324 e. The van der Waals surface area contributed by atoms with Crippen molar-refractivity contribution in [2.45, 2.75) is 71.7 Å². The lowest BCUT2D eigenvalue weighted by Gasteiger charge is -2.21. The maximum absolute atomic E-state index is 14.7. The van der Waals surface area contributed by atoms with E-state index in [2.05, 4.69) is 25.5 Å². The fraction of sp³-hybridized carbons (Fsp3) is 0.448. The molecule has 0 aliphatic heterocycles. The lowest BCUT2D eigenvalue weighted by molar-refractivity contribution is -0.150. The average molecular weight is 631 g/mol. The summed E-state index contributed by atoms with van der Waals surface area (Å²) in [5, 5.41) is 21.1. The second-order valence-corrected chi connectivity index (χ2v) is 11.4. The van der Waals surface area contributed by atoms with Gasteiger partial charge in [-0.25, -0.2) is 19.0 Å². The minimum absolute atomic E-state index is 0.0457. The number of nitrogens with one attached hydrogen (secondary N) is 1. The standard InChI is InChI=1S/C27H30F2N8O3S.C2H6O/c1-15(2)22(30)27(39)40-14-36-11-16(10-31-36)26-33-20(13-41-26)25(38)32-19-12-37(17-6-4-3-5-7-17)35-24(19)23-18(28)8-9-21(29)34-23;1-2-3/h8-13,15,17,22H,3-7,14,30H2,1-2H3,(H,32,38);3H,2H2,1H3. The molecular weight excluding hydrogens is 594 g/mol. The Morgan fingerprint density at radius 1 is 1.16 bits per heavy atom. The second-order valence-electron chi connectivity index (χ2n) is 10.6. The van der Waals surface area contributed by atoms with Crippen LogP contribution in [0.3, 0.4) is 0 Å². The molecular formula is C29H36F2N8O4S. The van der Waals surface area contributed by atoms with Crippen molar-refractivity contribution in [1.82, 2.24) is 29.5 Å². The van der Waals surface area contributed by atoms with Crippen molar-refractivity contribution in [1.29, 1.82) is 0 Å². The third kappa shape index (κ3) is 8.09. The molecule has 1 aliphatic rings. The molecule has 4 aromatic heterocycles. The fourth-order valence-corrected chi connectivity index (χ4v) is 5.29. The summed E-state index contributed by atoms with van der Waals surface area (Å²) in [4.78, 5) is 33.3. The van der Waals surface area contributed by atoms with E-state index in [1.807, 2.05) is 13.8 Å². The zero-order chi connectivity index (χ0) is 31.8. The molecule has 5 rings (SSSR count). The summed E-state index contributed by atoms with van der Waals surface area (Å²) < 4.78 is 36.9. The molecule has 0 radical (unpaired) electrons. The number of rotatable bonds is 9. The summed E-state index contributed by atoms with van der Waals surface area (Å²) in [5.74, 6) is -2.73. The topological polar surface area (TPSA) is 163 Å². The molecule has 1 atom stereocenters. The molecule has 4 N–H and O–H groups in total. The lowest BCUT2D eigenvalue weighted by Crippen LogP contribution is -2.37. The summed E-state index contributed by atoms with van der Waals surface area (Å²) in [6, 6.07) is 1.27. The Morgan fingerprint density at radius 3 is 2.59 bits per heavy atom. The molecule has 0 saturated heterocycles. The first-order valence-corrected chi connectivity index (χ1v) is 15.2. The average Bonchev–Trinajstić information content (AvgIpc) is 3.78. The molecule has 1 saturated carbocycles. The van der Waals surface area contributed by atoms with Crippen LogP contribution in [-0.4, -0.2) is 59.2 Å². The maximum Gasteiger partial charge on any atom is 0.324 e. The zero-order valence-electron chi connectivity index (χ0n) is 24.7. The van der Waals surface area contributed by atoms with Gasteiger partial charge in [0.05, 0.1) is 17.9 Å².